The van der Waals surface area contributed by atoms with Gasteiger partial charge in [0.05, 0.1) is 18.4 Å². The molecule has 1 aromatic carbocycles. The molecule has 3 N–H and O–H groups in total. The number of aryl methyl sites for hydroxylation is 1. The summed E-state index contributed by atoms with van der Waals surface area (Å²) in [6, 6.07) is 4.58. The molecule has 1 amide bonds. The Morgan fingerprint density at radius 3 is 2.59 bits per heavy atom. The van der Waals surface area contributed by atoms with Gasteiger partial charge in [0.1, 0.15) is 11.3 Å². The van der Waals surface area contributed by atoms with Crippen molar-refractivity contribution in [3.8, 4) is 5.75 Å². The van der Waals surface area contributed by atoms with Crippen molar-refractivity contribution in [2.45, 2.75) is 33.1 Å². The van der Waals surface area contributed by atoms with E-state index in [-0.39, 0.29) is 17.7 Å². The van der Waals surface area contributed by atoms with Gasteiger partial charge < -0.3 is 15.2 Å². The standard InChI is InChI=1S/C19H23N3O5/c1-4-13-14(5-2)21-22-18(24)16(13)17(23)20-9-8-11-6-7-12(19(25)26)10-15(11)27-3/h6-7,10H,4-5,8-9H2,1-3H3,(H,20,23)(H,22,24)(H,25,26). The average molecular weight is 373 g/mol. The van der Waals surface area contributed by atoms with Crippen molar-refractivity contribution < 1.29 is 19.4 Å². The molecule has 0 radical (unpaired) electrons. The zero-order valence-corrected chi connectivity index (χ0v) is 15.6. The number of ether oxygens (including phenoxy) is 1. The van der Waals surface area contributed by atoms with E-state index in [1.807, 2.05) is 13.8 Å². The van der Waals surface area contributed by atoms with Gasteiger partial charge in [-0.25, -0.2) is 9.89 Å². The van der Waals surface area contributed by atoms with Crippen LogP contribution in [0.4, 0.5) is 0 Å². The number of nitrogens with one attached hydrogen (secondary N) is 2. The topological polar surface area (TPSA) is 121 Å². The van der Waals surface area contributed by atoms with E-state index in [4.69, 9.17) is 9.84 Å². The van der Waals surface area contributed by atoms with Crippen molar-refractivity contribution in [2.75, 3.05) is 13.7 Å². The molecular weight excluding hydrogens is 350 g/mol. The van der Waals surface area contributed by atoms with Gasteiger partial charge in [-0.05, 0) is 42.5 Å². The fraction of sp³-hybridized carbons (Fsp3) is 0.368. The SMILES string of the molecule is CCc1n[nH]c(=O)c(C(=O)NCCc2ccc(C(=O)O)cc2OC)c1CC. The van der Waals surface area contributed by atoms with Crippen molar-refractivity contribution in [3.63, 3.8) is 0 Å². The second-order valence-electron chi connectivity index (χ2n) is 5.90. The number of hydrogen-bond donors (Lipinski definition) is 3. The lowest BCUT2D eigenvalue weighted by atomic mass is 10.0. The van der Waals surface area contributed by atoms with Gasteiger partial charge in [-0.15, -0.1) is 0 Å². The third-order valence-corrected chi connectivity index (χ3v) is 4.30. The number of rotatable bonds is 8. The Kier molecular flexibility index (Phi) is 6.70. The van der Waals surface area contributed by atoms with E-state index in [0.29, 0.717) is 36.3 Å². The molecule has 8 nitrogen and oxygen atoms in total. The van der Waals surface area contributed by atoms with Gasteiger partial charge in [-0.1, -0.05) is 19.9 Å². The fourth-order valence-corrected chi connectivity index (χ4v) is 2.92. The Hall–Kier alpha value is -3.16. The van der Waals surface area contributed by atoms with E-state index in [1.165, 1.54) is 19.2 Å². The summed E-state index contributed by atoms with van der Waals surface area (Å²) in [6.07, 6.45) is 1.58. The molecule has 2 aromatic rings. The van der Waals surface area contributed by atoms with Gasteiger partial charge in [-0.2, -0.15) is 5.10 Å². The number of amides is 1. The largest absolute Gasteiger partial charge is 0.496 e. The van der Waals surface area contributed by atoms with Crippen LogP contribution in [0.15, 0.2) is 23.0 Å². The molecule has 0 saturated heterocycles. The number of carboxylic acids is 1. The minimum atomic E-state index is -1.04. The molecule has 27 heavy (non-hydrogen) atoms. The quantitative estimate of drug-likeness (QED) is 0.646. The number of aromatic amines is 1. The maximum atomic E-state index is 12.5. The summed E-state index contributed by atoms with van der Waals surface area (Å²) in [5.41, 5.74) is 1.83. The molecule has 0 bridgehead atoms. The van der Waals surface area contributed by atoms with Gasteiger partial charge in [-0.3, -0.25) is 9.59 Å². The lowest BCUT2D eigenvalue weighted by Crippen LogP contribution is -2.33. The highest BCUT2D eigenvalue weighted by Crippen LogP contribution is 2.20. The van der Waals surface area contributed by atoms with Gasteiger partial charge in [0.15, 0.2) is 0 Å². The van der Waals surface area contributed by atoms with Crippen LogP contribution in [0.25, 0.3) is 0 Å². The van der Waals surface area contributed by atoms with Crippen LogP contribution in [0.2, 0.25) is 0 Å². The van der Waals surface area contributed by atoms with Crippen molar-refractivity contribution in [3.05, 3.63) is 56.5 Å². The van der Waals surface area contributed by atoms with Crippen molar-refractivity contribution >= 4 is 11.9 Å². The number of aromatic carboxylic acids is 1. The summed E-state index contributed by atoms with van der Waals surface area (Å²) in [5, 5.41) is 18.2. The normalized spacial score (nSPS) is 10.5. The molecule has 1 heterocycles. The molecule has 2 rings (SSSR count). The van der Waals surface area contributed by atoms with E-state index >= 15 is 0 Å². The predicted molar refractivity (Wildman–Crippen MR) is 99.6 cm³/mol. The molecule has 0 atom stereocenters. The average Bonchev–Trinajstić information content (AvgIpc) is 2.67. The molecular formula is C19H23N3O5. The Balaban J connectivity index is 2.14. The third-order valence-electron chi connectivity index (χ3n) is 4.30. The molecule has 0 fully saturated rings. The first kappa shape index (κ1) is 20.2. The minimum Gasteiger partial charge on any atom is -0.496 e. The van der Waals surface area contributed by atoms with Crippen LogP contribution in [-0.2, 0) is 19.3 Å². The number of hydrogen-bond acceptors (Lipinski definition) is 5. The highest BCUT2D eigenvalue weighted by molar-refractivity contribution is 5.95. The fourth-order valence-electron chi connectivity index (χ4n) is 2.92. The molecule has 0 unspecified atom stereocenters. The molecule has 144 valence electrons. The highest BCUT2D eigenvalue weighted by Gasteiger charge is 2.18. The minimum absolute atomic E-state index is 0.0949. The van der Waals surface area contributed by atoms with E-state index in [2.05, 4.69) is 15.5 Å². The second kappa shape index (κ2) is 8.98. The molecule has 0 aliphatic heterocycles. The van der Waals surface area contributed by atoms with Crippen LogP contribution >= 0.6 is 0 Å². The molecule has 8 heteroatoms. The smallest absolute Gasteiger partial charge is 0.335 e. The van der Waals surface area contributed by atoms with Crippen LogP contribution in [0.5, 0.6) is 5.75 Å². The first-order valence-corrected chi connectivity index (χ1v) is 8.71. The molecule has 0 saturated carbocycles. The van der Waals surface area contributed by atoms with Gasteiger partial charge >= 0.3 is 5.97 Å². The number of carbonyl (C=O) groups is 2. The summed E-state index contributed by atoms with van der Waals surface area (Å²) in [7, 11) is 1.46. The van der Waals surface area contributed by atoms with Gasteiger partial charge in [0.2, 0.25) is 0 Å². The van der Waals surface area contributed by atoms with E-state index in [0.717, 1.165) is 5.56 Å². The Morgan fingerprint density at radius 2 is 2.00 bits per heavy atom. The highest BCUT2D eigenvalue weighted by atomic mass is 16.5. The summed E-state index contributed by atoms with van der Waals surface area (Å²) < 4.78 is 5.22. The second-order valence-corrected chi connectivity index (χ2v) is 5.90. The van der Waals surface area contributed by atoms with E-state index in [9.17, 15) is 14.4 Å². The van der Waals surface area contributed by atoms with Gasteiger partial charge in [0.25, 0.3) is 11.5 Å². The number of benzene rings is 1. The first-order chi connectivity index (χ1) is 12.9. The predicted octanol–water partition coefficient (Wildman–Crippen LogP) is 1.57. The third kappa shape index (κ3) is 4.52. The summed E-state index contributed by atoms with van der Waals surface area (Å²) in [6.45, 7) is 4.06. The lowest BCUT2D eigenvalue weighted by molar-refractivity contribution is 0.0696. The first-order valence-electron chi connectivity index (χ1n) is 8.71. The summed E-state index contributed by atoms with van der Waals surface area (Å²) in [5.74, 6) is -1.05. The van der Waals surface area contributed by atoms with Crippen LogP contribution in [0, 0.1) is 0 Å². The van der Waals surface area contributed by atoms with Crippen molar-refractivity contribution in [1.29, 1.82) is 0 Å². The summed E-state index contributed by atoms with van der Waals surface area (Å²) >= 11 is 0. The zero-order chi connectivity index (χ0) is 20.0. The Morgan fingerprint density at radius 1 is 1.26 bits per heavy atom. The Labute approximate surface area is 156 Å². The van der Waals surface area contributed by atoms with Crippen molar-refractivity contribution in [1.82, 2.24) is 15.5 Å². The Bertz CT molecular complexity index is 905. The maximum Gasteiger partial charge on any atom is 0.335 e. The number of aromatic nitrogens is 2. The van der Waals surface area contributed by atoms with E-state index < -0.39 is 17.4 Å². The summed E-state index contributed by atoms with van der Waals surface area (Å²) in [4.78, 5) is 35.7. The maximum absolute atomic E-state index is 12.5. The number of methoxy groups -OCH3 is 1. The van der Waals surface area contributed by atoms with Crippen LogP contribution in [-0.4, -0.2) is 40.8 Å². The van der Waals surface area contributed by atoms with Gasteiger partial charge in [0, 0.05) is 6.54 Å². The van der Waals surface area contributed by atoms with Crippen LogP contribution < -0.4 is 15.6 Å². The number of carboxylic acid groups (broad SMARTS) is 1. The molecule has 0 spiro atoms. The van der Waals surface area contributed by atoms with Crippen LogP contribution in [0.3, 0.4) is 0 Å². The number of nitrogens with zero attached hydrogens (tertiary/aromatic N) is 1. The van der Waals surface area contributed by atoms with Crippen molar-refractivity contribution in [2.24, 2.45) is 0 Å². The number of H-pyrrole nitrogens is 1. The van der Waals surface area contributed by atoms with Crippen LogP contribution in [0.1, 0.15) is 51.4 Å². The monoisotopic (exact) mass is 373 g/mol. The van der Waals surface area contributed by atoms with E-state index in [1.54, 1.807) is 6.07 Å². The molecule has 0 aliphatic carbocycles. The number of carbonyl (C=O) groups excluding carboxylic acids is 1. The molecule has 1 aromatic heterocycles. The zero-order valence-electron chi connectivity index (χ0n) is 15.6. The lowest BCUT2D eigenvalue weighted by Gasteiger charge is -2.12. The molecule has 0 aliphatic rings.